The molecule has 13 heavy (non-hydrogen) atoms. The van der Waals surface area contributed by atoms with Gasteiger partial charge in [-0.3, -0.25) is 0 Å². The largest absolute Gasteiger partial charge is 0.478 e. The Labute approximate surface area is 75.4 Å². The topological polar surface area (TPSA) is 72.3 Å². The third-order valence-electron chi connectivity index (χ3n) is 1.33. The number of hydrogen-bond donors (Lipinski definition) is 1. The Kier molecular flexibility index (Phi) is 2.79. The summed E-state index contributed by atoms with van der Waals surface area (Å²) in [5.41, 5.74) is -0.0454. The van der Waals surface area contributed by atoms with Gasteiger partial charge in [0.05, 0.1) is 6.61 Å². The van der Waals surface area contributed by atoms with Crippen LogP contribution in [0.5, 0.6) is 5.88 Å². The lowest BCUT2D eigenvalue weighted by atomic mass is 10.4. The maximum atomic E-state index is 10.6. The fourth-order valence-electron chi connectivity index (χ4n) is 0.872. The fraction of sp³-hybridized carbons (Fsp3) is 0.375. The van der Waals surface area contributed by atoms with E-state index in [4.69, 9.17) is 9.84 Å². The molecule has 0 aliphatic carbocycles. The van der Waals surface area contributed by atoms with Crippen molar-refractivity contribution >= 4 is 5.97 Å². The SMILES string of the molecule is CCOc1cc(C(=O)O)nc(C)n1. The van der Waals surface area contributed by atoms with Crippen molar-refractivity contribution in [2.45, 2.75) is 13.8 Å². The summed E-state index contributed by atoms with van der Waals surface area (Å²) in [6, 6.07) is 1.30. The van der Waals surface area contributed by atoms with Gasteiger partial charge in [-0.15, -0.1) is 0 Å². The summed E-state index contributed by atoms with van der Waals surface area (Å²) >= 11 is 0. The first-order chi connectivity index (χ1) is 6.13. The van der Waals surface area contributed by atoms with Crippen molar-refractivity contribution in [3.63, 3.8) is 0 Å². The molecule has 70 valence electrons. The van der Waals surface area contributed by atoms with Crippen molar-refractivity contribution in [1.82, 2.24) is 9.97 Å². The van der Waals surface area contributed by atoms with Crippen molar-refractivity contribution in [1.29, 1.82) is 0 Å². The number of aryl methyl sites for hydroxylation is 1. The Morgan fingerprint density at radius 2 is 2.31 bits per heavy atom. The van der Waals surface area contributed by atoms with Crippen LogP contribution >= 0.6 is 0 Å². The average Bonchev–Trinajstić information content (AvgIpc) is 2.03. The molecular weight excluding hydrogens is 172 g/mol. The highest BCUT2D eigenvalue weighted by atomic mass is 16.5. The molecule has 0 unspecified atom stereocenters. The Balaban J connectivity index is 3.03. The zero-order valence-corrected chi connectivity index (χ0v) is 7.44. The summed E-state index contributed by atoms with van der Waals surface area (Å²) in [5.74, 6) is -0.387. The predicted molar refractivity (Wildman–Crippen MR) is 44.9 cm³/mol. The molecule has 1 rings (SSSR count). The van der Waals surface area contributed by atoms with Crippen molar-refractivity contribution in [3.05, 3.63) is 17.6 Å². The predicted octanol–water partition coefficient (Wildman–Crippen LogP) is 0.882. The van der Waals surface area contributed by atoms with E-state index in [0.29, 0.717) is 18.3 Å². The monoisotopic (exact) mass is 182 g/mol. The average molecular weight is 182 g/mol. The zero-order valence-electron chi connectivity index (χ0n) is 7.44. The van der Waals surface area contributed by atoms with Gasteiger partial charge in [0.25, 0.3) is 0 Å². The van der Waals surface area contributed by atoms with Gasteiger partial charge in [-0.25, -0.2) is 9.78 Å². The minimum atomic E-state index is -1.08. The number of rotatable bonds is 3. The van der Waals surface area contributed by atoms with Gasteiger partial charge in [0.15, 0.2) is 5.69 Å². The fourth-order valence-corrected chi connectivity index (χ4v) is 0.872. The molecule has 0 atom stereocenters. The lowest BCUT2D eigenvalue weighted by Gasteiger charge is -2.03. The van der Waals surface area contributed by atoms with E-state index in [1.807, 2.05) is 0 Å². The summed E-state index contributed by atoms with van der Waals surface area (Å²) in [4.78, 5) is 18.2. The molecule has 0 amide bonds. The first-order valence-corrected chi connectivity index (χ1v) is 3.85. The molecule has 0 bridgehead atoms. The highest BCUT2D eigenvalue weighted by Gasteiger charge is 2.08. The molecule has 1 heterocycles. The second-order valence-corrected chi connectivity index (χ2v) is 2.38. The molecule has 5 heteroatoms. The van der Waals surface area contributed by atoms with Crippen LogP contribution in [0.15, 0.2) is 6.07 Å². The van der Waals surface area contributed by atoms with Crippen LogP contribution in [0.25, 0.3) is 0 Å². The molecule has 0 spiro atoms. The van der Waals surface area contributed by atoms with Gasteiger partial charge in [0.2, 0.25) is 5.88 Å². The minimum absolute atomic E-state index is 0.0454. The normalized spacial score (nSPS) is 9.69. The Hall–Kier alpha value is -1.65. The van der Waals surface area contributed by atoms with Crippen LogP contribution in [0.4, 0.5) is 0 Å². The van der Waals surface area contributed by atoms with Crippen LogP contribution in [0.3, 0.4) is 0 Å². The lowest BCUT2D eigenvalue weighted by molar-refractivity contribution is 0.0689. The number of aromatic carboxylic acids is 1. The second-order valence-electron chi connectivity index (χ2n) is 2.38. The van der Waals surface area contributed by atoms with Gasteiger partial charge in [-0.05, 0) is 13.8 Å². The van der Waals surface area contributed by atoms with E-state index in [0.717, 1.165) is 0 Å². The van der Waals surface area contributed by atoms with Crippen molar-refractivity contribution < 1.29 is 14.6 Å². The molecule has 0 radical (unpaired) electrons. The number of ether oxygens (including phenoxy) is 1. The number of carboxylic acids is 1. The van der Waals surface area contributed by atoms with Gasteiger partial charge in [-0.1, -0.05) is 0 Å². The number of hydrogen-bond acceptors (Lipinski definition) is 4. The quantitative estimate of drug-likeness (QED) is 0.751. The van der Waals surface area contributed by atoms with Gasteiger partial charge in [0, 0.05) is 6.07 Å². The molecule has 0 aliphatic rings. The summed E-state index contributed by atoms with van der Waals surface area (Å²) in [6.07, 6.45) is 0. The van der Waals surface area contributed by atoms with E-state index >= 15 is 0 Å². The van der Waals surface area contributed by atoms with Crippen molar-refractivity contribution in [2.24, 2.45) is 0 Å². The van der Waals surface area contributed by atoms with Crippen LogP contribution < -0.4 is 4.74 Å². The first-order valence-electron chi connectivity index (χ1n) is 3.85. The minimum Gasteiger partial charge on any atom is -0.478 e. The molecular formula is C8H10N2O3. The molecule has 1 aromatic heterocycles. The van der Waals surface area contributed by atoms with Crippen molar-refractivity contribution in [2.75, 3.05) is 6.61 Å². The van der Waals surface area contributed by atoms with E-state index in [-0.39, 0.29) is 5.69 Å². The molecule has 5 nitrogen and oxygen atoms in total. The van der Waals surface area contributed by atoms with E-state index in [9.17, 15) is 4.79 Å². The van der Waals surface area contributed by atoms with Crippen molar-refractivity contribution in [3.8, 4) is 5.88 Å². The van der Waals surface area contributed by atoms with Crippen LogP contribution in [0, 0.1) is 6.92 Å². The number of carboxylic acid groups (broad SMARTS) is 1. The zero-order chi connectivity index (χ0) is 9.84. The van der Waals surface area contributed by atoms with E-state index in [1.54, 1.807) is 13.8 Å². The smallest absolute Gasteiger partial charge is 0.354 e. The molecule has 1 N–H and O–H groups in total. The maximum Gasteiger partial charge on any atom is 0.354 e. The molecule has 1 aromatic rings. The van der Waals surface area contributed by atoms with Gasteiger partial charge < -0.3 is 9.84 Å². The number of aromatic nitrogens is 2. The highest BCUT2D eigenvalue weighted by Crippen LogP contribution is 2.08. The van der Waals surface area contributed by atoms with Crippen LogP contribution in [-0.4, -0.2) is 27.7 Å². The summed E-state index contributed by atoms with van der Waals surface area (Å²) in [5, 5.41) is 8.66. The maximum absolute atomic E-state index is 10.6. The number of nitrogens with zero attached hydrogens (tertiary/aromatic N) is 2. The molecule has 0 saturated heterocycles. The third-order valence-corrected chi connectivity index (χ3v) is 1.33. The summed E-state index contributed by atoms with van der Waals surface area (Å²) < 4.78 is 5.06. The Morgan fingerprint density at radius 3 is 2.85 bits per heavy atom. The van der Waals surface area contributed by atoms with Crippen LogP contribution in [0.1, 0.15) is 23.2 Å². The van der Waals surface area contributed by atoms with Gasteiger partial charge >= 0.3 is 5.97 Å². The van der Waals surface area contributed by atoms with E-state index in [1.165, 1.54) is 6.07 Å². The highest BCUT2D eigenvalue weighted by molar-refractivity contribution is 5.85. The van der Waals surface area contributed by atoms with Gasteiger partial charge in [0.1, 0.15) is 5.82 Å². The lowest BCUT2D eigenvalue weighted by Crippen LogP contribution is -2.05. The standard InChI is InChI=1S/C8H10N2O3/c1-3-13-7-4-6(8(11)12)9-5(2)10-7/h4H,3H2,1-2H3,(H,11,12). The second kappa shape index (κ2) is 3.84. The van der Waals surface area contributed by atoms with E-state index in [2.05, 4.69) is 9.97 Å². The number of carbonyl (C=O) groups is 1. The van der Waals surface area contributed by atoms with Crippen LogP contribution in [-0.2, 0) is 0 Å². The summed E-state index contributed by atoms with van der Waals surface area (Å²) in [7, 11) is 0. The molecule has 0 aromatic carbocycles. The summed E-state index contributed by atoms with van der Waals surface area (Å²) in [6.45, 7) is 3.88. The third kappa shape index (κ3) is 2.40. The molecule has 0 saturated carbocycles. The Morgan fingerprint density at radius 1 is 1.62 bits per heavy atom. The first kappa shape index (κ1) is 9.44. The van der Waals surface area contributed by atoms with E-state index < -0.39 is 5.97 Å². The molecule has 0 aliphatic heterocycles. The van der Waals surface area contributed by atoms with Gasteiger partial charge in [-0.2, -0.15) is 4.98 Å². The Bertz CT molecular complexity index is 325. The molecule has 0 fully saturated rings. The van der Waals surface area contributed by atoms with Crippen LogP contribution in [0.2, 0.25) is 0 Å².